The maximum Gasteiger partial charge on any atom is 0.238 e. The number of ether oxygens (including phenoxy) is 1. The van der Waals surface area contributed by atoms with E-state index < -0.39 is 0 Å². The summed E-state index contributed by atoms with van der Waals surface area (Å²) in [6.07, 6.45) is 0. The Bertz CT molecular complexity index is 394. The number of nitrogens with one attached hydrogen (secondary N) is 2. The molecule has 0 bridgehead atoms. The van der Waals surface area contributed by atoms with Crippen LogP contribution in [-0.4, -0.2) is 26.6 Å². The minimum Gasteiger partial charge on any atom is -0.495 e. The zero-order valence-electron chi connectivity index (χ0n) is 9.56. The van der Waals surface area contributed by atoms with E-state index in [1.807, 2.05) is 19.1 Å². The predicted octanol–water partition coefficient (Wildman–Crippen LogP) is 1.92. The lowest BCUT2D eigenvalue weighted by Gasteiger charge is -2.13. The first-order valence-electron chi connectivity index (χ1n) is 4.87. The van der Waals surface area contributed by atoms with Crippen LogP contribution in [-0.2, 0) is 4.79 Å². The van der Waals surface area contributed by atoms with Gasteiger partial charge in [-0.2, -0.15) is 0 Å². The lowest BCUT2D eigenvalue weighted by Crippen LogP contribution is -2.25. The smallest absolute Gasteiger partial charge is 0.238 e. The van der Waals surface area contributed by atoms with E-state index in [-0.39, 0.29) is 12.5 Å². The van der Waals surface area contributed by atoms with E-state index in [0.717, 1.165) is 10.0 Å². The van der Waals surface area contributed by atoms with Crippen molar-refractivity contribution in [2.45, 2.75) is 6.92 Å². The van der Waals surface area contributed by atoms with Crippen molar-refractivity contribution >= 4 is 27.5 Å². The van der Waals surface area contributed by atoms with E-state index in [9.17, 15) is 4.79 Å². The molecule has 0 radical (unpaired) electrons. The monoisotopic (exact) mass is 286 g/mol. The van der Waals surface area contributed by atoms with Gasteiger partial charge < -0.3 is 15.4 Å². The number of carbonyl (C=O) groups is 1. The molecule has 0 saturated heterocycles. The van der Waals surface area contributed by atoms with Crippen molar-refractivity contribution in [3.8, 4) is 5.75 Å². The zero-order chi connectivity index (χ0) is 12.1. The molecule has 0 spiro atoms. The van der Waals surface area contributed by atoms with Gasteiger partial charge in [0.05, 0.1) is 19.3 Å². The fraction of sp³-hybridized carbons (Fsp3) is 0.364. The van der Waals surface area contributed by atoms with Gasteiger partial charge in [0.1, 0.15) is 5.75 Å². The van der Waals surface area contributed by atoms with Gasteiger partial charge in [0.25, 0.3) is 0 Å². The molecule has 0 saturated carbocycles. The van der Waals surface area contributed by atoms with E-state index in [4.69, 9.17) is 4.74 Å². The molecule has 4 nitrogen and oxygen atoms in total. The van der Waals surface area contributed by atoms with Crippen molar-refractivity contribution < 1.29 is 9.53 Å². The highest BCUT2D eigenvalue weighted by atomic mass is 79.9. The highest BCUT2D eigenvalue weighted by molar-refractivity contribution is 9.10. The van der Waals surface area contributed by atoms with Crippen molar-refractivity contribution in [3.63, 3.8) is 0 Å². The molecule has 5 heteroatoms. The number of carbonyl (C=O) groups excluding carboxylic acids is 1. The van der Waals surface area contributed by atoms with Gasteiger partial charge in [-0.15, -0.1) is 0 Å². The summed E-state index contributed by atoms with van der Waals surface area (Å²) in [5.41, 5.74) is 1.67. The van der Waals surface area contributed by atoms with Gasteiger partial charge in [0, 0.05) is 4.47 Å². The first-order chi connectivity index (χ1) is 7.58. The summed E-state index contributed by atoms with van der Waals surface area (Å²) in [6.45, 7) is 2.20. The largest absolute Gasteiger partial charge is 0.495 e. The summed E-state index contributed by atoms with van der Waals surface area (Å²) in [7, 11) is 3.31. The molecular weight excluding hydrogens is 272 g/mol. The maximum atomic E-state index is 11.5. The van der Waals surface area contributed by atoms with Gasteiger partial charge in [-0.1, -0.05) is 15.9 Å². The number of aryl methyl sites for hydroxylation is 1. The molecule has 1 aromatic rings. The van der Waals surface area contributed by atoms with Crippen LogP contribution in [0.15, 0.2) is 16.6 Å². The molecule has 0 fully saturated rings. The number of amides is 1. The number of rotatable bonds is 4. The second-order valence-corrected chi connectivity index (χ2v) is 4.29. The van der Waals surface area contributed by atoms with Gasteiger partial charge in [0.15, 0.2) is 0 Å². The Labute approximate surface area is 103 Å². The molecule has 0 aromatic heterocycles. The summed E-state index contributed by atoms with van der Waals surface area (Å²) >= 11 is 3.38. The van der Waals surface area contributed by atoms with Crippen LogP contribution in [0.5, 0.6) is 5.75 Å². The average Bonchev–Trinajstić information content (AvgIpc) is 2.22. The maximum absolute atomic E-state index is 11.5. The minimum atomic E-state index is -0.0915. The molecule has 1 amide bonds. The molecule has 88 valence electrons. The molecule has 1 rings (SSSR count). The Balaban J connectivity index is 2.98. The molecule has 2 N–H and O–H groups in total. The quantitative estimate of drug-likeness (QED) is 0.889. The number of benzene rings is 1. The number of hydrogen-bond donors (Lipinski definition) is 2. The van der Waals surface area contributed by atoms with E-state index in [1.54, 1.807) is 14.2 Å². The number of anilines is 1. The van der Waals surface area contributed by atoms with Crippen LogP contribution in [0.2, 0.25) is 0 Å². The Morgan fingerprint density at radius 3 is 2.75 bits per heavy atom. The lowest BCUT2D eigenvalue weighted by molar-refractivity contribution is -0.115. The fourth-order valence-corrected chi connectivity index (χ4v) is 1.93. The summed E-state index contributed by atoms with van der Waals surface area (Å²) in [4.78, 5) is 11.5. The second-order valence-electron chi connectivity index (χ2n) is 3.38. The molecule has 0 heterocycles. The predicted molar refractivity (Wildman–Crippen MR) is 68.0 cm³/mol. The van der Waals surface area contributed by atoms with Crippen LogP contribution in [0.4, 0.5) is 5.69 Å². The lowest BCUT2D eigenvalue weighted by atomic mass is 10.2. The average molecular weight is 287 g/mol. The third kappa shape index (κ3) is 3.21. The summed E-state index contributed by atoms with van der Waals surface area (Å²) in [5, 5.41) is 5.60. The molecule has 16 heavy (non-hydrogen) atoms. The van der Waals surface area contributed by atoms with Gasteiger partial charge in [-0.05, 0) is 31.7 Å². The molecule has 0 atom stereocenters. The standard InChI is InChI=1S/C11H15BrN2O2/c1-7-4-8(12)5-9(16-3)11(7)14-10(15)6-13-2/h4-5,13H,6H2,1-3H3,(H,14,15). The number of likely N-dealkylation sites (N-methyl/N-ethyl adjacent to an activating group) is 1. The van der Waals surface area contributed by atoms with Crippen LogP contribution >= 0.6 is 15.9 Å². The molecule has 0 aliphatic rings. The van der Waals surface area contributed by atoms with Gasteiger partial charge in [-0.25, -0.2) is 0 Å². The minimum absolute atomic E-state index is 0.0915. The topological polar surface area (TPSA) is 50.4 Å². The Morgan fingerprint density at radius 2 is 2.19 bits per heavy atom. The number of halogens is 1. The van der Waals surface area contributed by atoms with Crippen molar-refractivity contribution in [3.05, 3.63) is 22.2 Å². The van der Waals surface area contributed by atoms with E-state index in [2.05, 4.69) is 26.6 Å². The van der Waals surface area contributed by atoms with Crippen molar-refractivity contribution in [2.24, 2.45) is 0 Å². The summed E-state index contributed by atoms with van der Waals surface area (Å²) in [5.74, 6) is 0.558. The van der Waals surface area contributed by atoms with Gasteiger partial charge >= 0.3 is 0 Å². The van der Waals surface area contributed by atoms with Crippen molar-refractivity contribution in [2.75, 3.05) is 26.0 Å². The SMILES string of the molecule is CNCC(=O)Nc1c(C)cc(Br)cc1OC. The van der Waals surface area contributed by atoms with Gasteiger partial charge in [0.2, 0.25) is 5.91 Å². The van der Waals surface area contributed by atoms with Gasteiger partial charge in [-0.3, -0.25) is 4.79 Å². The third-order valence-corrected chi connectivity index (χ3v) is 2.54. The highest BCUT2D eigenvalue weighted by Crippen LogP contribution is 2.31. The van der Waals surface area contributed by atoms with Crippen LogP contribution in [0.25, 0.3) is 0 Å². The molecule has 0 unspecified atom stereocenters. The second kappa shape index (κ2) is 5.86. The summed E-state index contributed by atoms with van der Waals surface area (Å²) < 4.78 is 6.15. The van der Waals surface area contributed by atoms with Crippen molar-refractivity contribution in [1.29, 1.82) is 0 Å². The molecule has 0 aliphatic carbocycles. The fourth-order valence-electron chi connectivity index (χ4n) is 1.38. The molecule has 1 aromatic carbocycles. The normalized spacial score (nSPS) is 10.0. The number of methoxy groups -OCH3 is 1. The number of hydrogen-bond acceptors (Lipinski definition) is 3. The Kier molecular flexibility index (Phi) is 4.76. The Morgan fingerprint density at radius 1 is 1.50 bits per heavy atom. The van der Waals surface area contributed by atoms with Crippen LogP contribution < -0.4 is 15.4 Å². The first kappa shape index (κ1) is 13.0. The van der Waals surface area contributed by atoms with E-state index >= 15 is 0 Å². The molecule has 0 aliphatic heterocycles. The first-order valence-corrected chi connectivity index (χ1v) is 5.66. The Hall–Kier alpha value is -1.07. The summed E-state index contributed by atoms with van der Waals surface area (Å²) in [6, 6.07) is 3.75. The van der Waals surface area contributed by atoms with Crippen LogP contribution in [0.1, 0.15) is 5.56 Å². The van der Waals surface area contributed by atoms with Crippen LogP contribution in [0.3, 0.4) is 0 Å². The van der Waals surface area contributed by atoms with E-state index in [1.165, 1.54) is 0 Å². The zero-order valence-corrected chi connectivity index (χ0v) is 11.1. The van der Waals surface area contributed by atoms with Crippen LogP contribution in [0, 0.1) is 6.92 Å². The highest BCUT2D eigenvalue weighted by Gasteiger charge is 2.10. The van der Waals surface area contributed by atoms with E-state index in [0.29, 0.717) is 11.4 Å². The van der Waals surface area contributed by atoms with Crippen molar-refractivity contribution in [1.82, 2.24) is 5.32 Å². The third-order valence-electron chi connectivity index (χ3n) is 2.09. The molecular formula is C11H15BrN2O2.